The summed E-state index contributed by atoms with van der Waals surface area (Å²) in [5.74, 6) is 0.589. The number of rotatable bonds is 1. The van der Waals surface area contributed by atoms with Gasteiger partial charge in [-0.1, -0.05) is 13.8 Å². The third kappa shape index (κ3) is 1.60. The molecule has 1 aromatic carbocycles. The molecule has 0 heterocycles. The van der Waals surface area contributed by atoms with Gasteiger partial charge in [-0.2, -0.15) is 0 Å². The molecule has 1 nitrogen and oxygen atoms in total. The second kappa shape index (κ2) is 3.18. The largest absolute Gasteiger partial charge is 0.399 e. The zero-order valence-electron chi connectivity index (χ0n) is 8.31. The van der Waals surface area contributed by atoms with Crippen LogP contribution in [0.1, 0.15) is 36.5 Å². The van der Waals surface area contributed by atoms with E-state index in [4.69, 9.17) is 5.73 Å². The van der Waals surface area contributed by atoms with Crippen LogP contribution in [0.5, 0.6) is 0 Å². The Morgan fingerprint density at radius 3 is 1.83 bits per heavy atom. The topological polar surface area (TPSA) is 26.0 Å². The molecule has 2 N–H and O–H groups in total. The van der Waals surface area contributed by atoms with Gasteiger partial charge in [0.1, 0.15) is 0 Å². The fourth-order valence-electron chi connectivity index (χ4n) is 1.92. The molecule has 12 heavy (non-hydrogen) atoms. The summed E-state index contributed by atoms with van der Waals surface area (Å²) < 4.78 is 0. The minimum atomic E-state index is 0.589. The summed E-state index contributed by atoms with van der Waals surface area (Å²) in [5, 5.41) is 0. The fourth-order valence-corrected chi connectivity index (χ4v) is 1.92. The van der Waals surface area contributed by atoms with Gasteiger partial charge in [0.05, 0.1) is 0 Å². The van der Waals surface area contributed by atoms with E-state index in [1.165, 1.54) is 16.7 Å². The predicted molar refractivity (Wildman–Crippen MR) is 54.4 cm³/mol. The van der Waals surface area contributed by atoms with Crippen LogP contribution in [0.2, 0.25) is 0 Å². The Morgan fingerprint density at radius 1 is 1.08 bits per heavy atom. The maximum atomic E-state index is 5.73. The molecule has 0 unspecified atom stereocenters. The van der Waals surface area contributed by atoms with E-state index in [1.807, 2.05) is 12.1 Å². The zero-order valence-corrected chi connectivity index (χ0v) is 8.31. The van der Waals surface area contributed by atoms with Crippen LogP contribution < -0.4 is 5.73 Å². The molecule has 0 saturated carbocycles. The highest BCUT2D eigenvalue weighted by Crippen LogP contribution is 2.25. The molecule has 1 rings (SSSR count). The Labute approximate surface area is 74.6 Å². The molecule has 0 amide bonds. The predicted octanol–water partition coefficient (Wildman–Crippen LogP) is 3.01. The van der Waals surface area contributed by atoms with Crippen LogP contribution in [0.4, 0.5) is 5.69 Å². The lowest BCUT2D eigenvalue weighted by Crippen LogP contribution is -1.98. The first kappa shape index (κ1) is 9.11. The summed E-state index contributed by atoms with van der Waals surface area (Å²) in [6, 6.07) is 4.09. The summed E-state index contributed by atoms with van der Waals surface area (Å²) in [7, 11) is 0. The second-order valence-corrected chi connectivity index (χ2v) is 3.72. The Balaban J connectivity index is 3.28. The Kier molecular flexibility index (Phi) is 2.41. The number of anilines is 1. The van der Waals surface area contributed by atoms with Gasteiger partial charge in [-0.3, -0.25) is 0 Å². The second-order valence-electron chi connectivity index (χ2n) is 3.72. The van der Waals surface area contributed by atoms with E-state index >= 15 is 0 Å². The van der Waals surface area contributed by atoms with Crippen LogP contribution in [-0.2, 0) is 0 Å². The van der Waals surface area contributed by atoms with E-state index in [1.54, 1.807) is 0 Å². The first-order valence-corrected chi connectivity index (χ1v) is 4.39. The molecule has 66 valence electrons. The number of aryl methyl sites for hydroxylation is 2. The van der Waals surface area contributed by atoms with Gasteiger partial charge in [-0.15, -0.1) is 0 Å². The van der Waals surface area contributed by atoms with Gasteiger partial charge in [0.25, 0.3) is 0 Å². The molecule has 0 spiro atoms. The number of hydrogen-bond acceptors (Lipinski definition) is 1. The summed E-state index contributed by atoms with van der Waals surface area (Å²) in [5.41, 5.74) is 10.6. The van der Waals surface area contributed by atoms with Crippen LogP contribution in [0.25, 0.3) is 0 Å². The van der Waals surface area contributed by atoms with Crippen molar-refractivity contribution in [1.29, 1.82) is 0 Å². The van der Waals surface area contributed by atoms with Gasteiger partial charge < -0.3 is 5.73 Å². The number of hydrogen-bond donors (Lipinski definition) is 1. The highest BCUT2D eigenvalue weighted by molar-refractivity contribution is 5.49. The summed E-state index contributed by atoms with van der Waals surface area (Å²) in [4.78, 5) is 0. The van der Waals surface area contributed by atoms with Crippen molar-refractivity contribution in [1.82, 2.24) is 0 Å². The van der Waals surface area contributed by atoms with Crippen molar-refractivity contribution in [3.05, 3.63) is 28.8 Å². The number of nitrogens with two attached hydrogens (primary N) is 1. The van der Waals surface area contributed by atoms with Crippen molar-refractivity contribution in [2.24, 2.45) is 0 Å². The van der Waals surface area contributed by atoms with E-state index in [-0.39, 0.29) is 0 Å². The third-order valence-electron chi connectivity index (χ3n) is 2.19. The minimum Gasteiger partial charge on any atom is -0.399 e. The van der Waals surface area contributed by atoms with Crippen LogP contribution in [0.3, 0.4) is 0 Å². The maximum absolute atomic E-state index is 5.73. The molecule has 0 fully saturated rings. The molecule has 0 aliphatic rings. The zero-order chi connectivity index (χ0) is 9.30. The molecule has 0 aliphatic heterocycles. The normalized spacial score (nSPS) is 10.8. The maximum Gasteiger partial charge on any atom is 0.0319 e. The lowest BCUT2D eigenvalue weighted by Gasteiger charge is -2.13. The lowest BCUT2D eigenvalue weighted by molar-refractivity contribution is 0.846. The van der Waals surface area contributed by atoms with Crippen molar-refractivity contribution in [3.8, 4) is 0 Å². The van der Waals surface area contributed by atoms with Gasteiger partial charge in [0, 0.05) is 5.69 Å². The SMILES string of the molecule is Cc1cc(N)cc(C)c1C(C)C. The first-order valence-electron chi connectivity index (χ1n) is 4.39. The molecule has 1 heteroatoms. The molecular formula is C11H17N. The molecule has 0 atom stereocenters. The summed E-state index contributed by atoms with van der Waals surface area (Å²) in [6.07, 6.45) is 0. The monoisotopic (exact) mass is 163 g/mol. The Hall–Kier alpha value is -0.980. The van der Waals surface area contributed by atoms with Gasteiger partial charge >= 0.3 is 0 Å². The smallest absolute Gasteiger partial charge is 0.0319 e. The van der Waals surface area contributed by atoms with Crippen molar-refractivity contribution in [2.45, 2.75) is 33.6 Å². The van der Waals surface area contributed by atoms with Crippen LogP contribution >= 0.6 is 0 Å². The van der Waals surface area contributed by atoms with Crippen LogP contribution in [0.15, 0.2) is 12.1 Å². The van der Waals surface area contributed by atoms with Crippen molar-refractivity contribution >= 4 is 5.69 Å². The highest BCUT2D eigenvalue weighted by atomic mass is 14.5. The number of benzene rings is 1. The molecule has 0 aliphatic carbocycles. The fraction of sp³-hybridized carbons (Fsp3) is 0.455. The van der Waals surface area contributed by atoms with Gasteiger partial charge in [0.2, 0.25) is 0 Å². The van der Waals surface area contributed by atoms with Gasteiger partial charge in [-0.25, -0.2) is 0 Å². The van der Waals surface area contributed by atoms with E-state index < -0.39 is 0 Å². The first-order chi connectivity index (χ1) is 5.52. The van der Waals surface area contributed by atoms with E-state index in [9.17, 15) is 0 Å². The molecule has 0 aromatic heterocycles. The van der Waals surface area contributed by atoms with Gasteiger partial charge in [0.15, 0.2) is 0 Å². The van der Waals surface area contributed by atoms with E-state index in [2.05, 4.69) is 27.7 Å². The quantitative estimate of drug-likeness (QED) is 0.633. The van der Waals surface area contributed by atoms with E-state index in [0.29, 0.717) is 5.92 Å². The minimum absolute atomic E-state index is 0.589. The molecule has 1 aromatic rings. The molecular weight excluding hydrogens is 146 g/mol. The summed E-state index contributed by atoms with van der Waals surface area (Å²) >= 11 is 0. The van der Waals surface area contributed by atoms with Crippen LogP contribution in [0, 0.1) is 13.8 Å². The average molecular weight is 163 g/mol. The Morgan fingerprint density at radius 2 is 1.50 bits per heavy atom. The Bertz CT molecular complexity index is 264. The molecule has 0 saturated heterocycles. The van der Waals surface area contributed by atoms with Crippen LogP contribution in [-0.4, -0.2) is 0 Å². The van der Waals surface area contributed by atoms with Crippen molar-refractivity contribution < 1.29 is 0 Å². The molecule has 0 radical (unpaired) electrons. The molecule has 0 bridgehead atoms. The van der Waals surface area contributed by atoms with E-state index in [0.717, 1.165) is 5.69 Å². The van der Waals surface area contributed by atoms with Crippen molar-refractivity contribution in [3.63, 3.8) is 0 Å². The third-order valence-corrected chi connectivity index (χ3v) is 2.19. The van der Waals surface area contributed by atoms with Gasteiger partial charge in [-0.05, 0) is 48.6 Å². The standard InChI is InChI=1S/C11H17N/c1-7(2)11-8(3)5-10(12)6-9(11)4/h5-7H,12H2,1-4H3. The summed E-state index contributed by atoms with van der Waals surface area (Å²) in [6.45, 7) is 8.68. The number of nitrogen functional groups attached to an aromatic ring is 1. The lowest BCUT2D eigenvalue weighted by atomic mass is 9.93. The average Bonchev–Trinajstić information content (AvgIpc) is 1.82. The van der Waals surface area contributed by atoms with Crippen molar-refractivity contribution in [2.75, 3.05) is 5.73 Å². The highest BCUT2D eigenvalue weighted by Gasteiger charge is 2.06.